The highest BCUT2D eigenvalue weighted by Crippen LogP contribution is 2.18. The lowest BCUT2D eigenvalue weighted by molar-refractivity contribution is -0.120. The van der Waals surface area contributed by atoms with Crippen molar-refractivity contribution in [3.8, 4) is 0 Å². The molecule has 1 aromatic carbocycles. The van der Waals surface area contributed by atoms with Crippen LogP contribution >= 0.6 is 11.8 Å². The number of nitrogens with zero attached hydrogens (tertiary/aromatic N) is 1. The van der Waals surface area contributed by atoms with Crippen LogP contribution in [-0.2, 0) is 17.0 Å². The van der Waals surface area contributed by atoms with E-state index in [-0.39, 0.29) is 17.9 Å². The molecule has 122 valence electrons. The highest BCUT2D eigenvalue weighted by atomic mass is 32.2. The molecule has 1 aromatic heterocycles. The first kappa shape index (κ1) is 17.3. The Morgan fingerprint density at radius 1 is 1.30 bits per heavy atom. The van der Waals surface area contributed by atoms with Gasteiger partial charge < -0.3 is 10.3 Å². The Balaban J connectivity index is 2.05. The molecule has 0 atom stereocenters. The lowest BCUT2D eigenvalue weighted by atomic mass is 10.1. The van der Waals surface area contributed by atoms with Crippen LogP contribution in [0.4, 0.5) is 0 Å². The Bertz CT molecular complexity index is 714. The largest absolute Gasteiger partial charge is 0.356 e. The number of thioether (sulfide) groups is 1. The molecule has 1 amide bonds. The summed E-state index contributed by atoms with van der Waals surface area (Å²) in [5, 5.41) is 3.35. The van der Waals surface area contributed by atoms with E-state index in [1.807, 2.05) is 37.3 Å². The van der Waals surface area contributed by atoms with Crippen molar-refractivity contribution in [1.82, 2.24) is 15.3 Å². The molecule has 0 aliphatic carbocycles. The van der Waals surface area contributed by atoms with Gasteiger partial charge in [-0.1, -0.05) is 49.0 Å². The van der Waals surface area contributed by atoms with Gasteiger partial charge in [-0.2, -0.15) is 0 Å². The number of carbonyl (C=O) groups is 1. The normalized spacial score (nSPS) is 10.5. The van der Waals surface area contributed by atoms with Crippen molar-refractivity contribution < 1.29 is 4.79 Å². The van der Waals surface area contributed by atoms with Gasteiger partial charge in [0.2, 0.25) is 5.91 Å². The third-order valence-corrected chi connectivity index (χ3v) is 4.27. The first-order valence-electron chi connectivity index (χ1n) is 7.63. The van der Waals surface area contributed by atoms with E-state index in [0.717, 1.165) is 12.2 Å². The standard InChI is InChI=1S/C17H21N3O2S/c1-3-9-18-15(21)10-14-12(2)19-17(20-16(14)22)23-11-13-7-5-4-6-8-13/h4-8H,3,9-11H2,1-2H3,(H,18,21)(H,19,20,22). The van der Waals surface area contributed by atoms with Crippen LogP contribution in [0, 0.1) is 6.92 Å². The average molecular weight is 331 g/mol. The fraction of sp³-hybridized carbons (Fsp3) is 0.353. The molecule has 5 nitrogen and oxygen atoms in total. The zero-order valence-corrected chi connectivity index (χ0v) is 14.2. The molecule has 0 radical (unpaired) electrons. The van der Waals surface area contributed by atoms with Gasteiger partial charge in [-0.15, -0.1) is 0 Å². The van der Waals surface area contributed by atoms with Gasteiger partial charge >= 0.3 is 0 Å². The van der Waals surface area contributed by atoms with Crippen LogP contribution in [-0.4, -0.2) is 22.4 Å². The van der Waals surface area contributed by atoms with Gasteiger partial charge in [0.1, 0.15) is 0 Å². The maximum Gasteiger partial charge on any atom is 0.255 e. The number of nitrogens with one attached hydrogen (secondary N) is 2. The highest BCUT2D eigenvalue weighted by Gasteiger charge is 2.12. The van der Waals surface area contributed by atoms with Gasteiger partial charge in [-0.05, 0) is 18.9 Å². The van der Waals surface area contributed by atoms with Crippen molar-refractivity contribution >= 4 is 17.7 Å². The van der Waals surface area contributed by atoms with E-state index in [1.165, 1.54) is 17.3 Å². The van der Waals surface area contributed by atoms with Gasteiger partial charge in [0, 0.05) is 23.6 Å². The summed E-state index contributed by atoms with van der Waals surface area (Å²) in [7, 11) is 0. The van der Waals surface area contributed by atoms with Gasteiger partial charge in [0.05, 0.1) is 6.42 Å². The molecule has 0 aliphatic rings. The SMILES string of the molecule is CCCNC(=O)Cc1c(C)nc(SCc2ccccc2)[nH]c1=O. The topological polar surface area (TPSA) is 74.8 Å². The van der Waals surface area contributed by atoms with Crippen LogP contribution in [0.5, 0.6) is 0 Å². The van der Waals surface area contributed by atoms with E-state index in [4.69, 9.17) is 0 Å². The summed E-state index contributed by atoms with van der Waals surface area (Å²) >= 11 is 1.48. The van der Waals surface area contributed by atoms with E-state index in [1.54, 1.807) is 6.92 Å². The van der Waals surface area contributed by atoms with Gasteiger partial charge in [0.25, 0.3) is 5.56 Å². The molecule has 0 saturated heterocycles. The van der Waals surface area contributed by atoms with E-state index in [9.17, 15) is 9.59 Å². The molecule has 0 saturated carbocycles. The Kier molecular flexibility index (Phi) is 6.40. The zero-order valence-electron chi connectivity index (χ0n) is 13.4. The van der Waals surface area contributed by atoms with Crippen molar-refractivity contribution in [2.45, 2.75) is 37.6 Å². The van der Waals surface area contributed by atoms with Gasteiger partial charge in [-0.3, -0.25) is 9.59 Å². The molecule has 1 heterocycles. The maximum absolute atomic E-state index is 12.2. The number of aryl methyl sites for hydroxylation is 1. The summed E-state index contributed by atoms with van der Waals surface area (Å²) in [5.74, 6) is 0.589. The second kappa shape index (κ2) is 8.53. The van der Waals surface area contributed by atoms with Crippen molar-refractivity contribution in [2.24, 2.45) is 0 Å². The van der Waals surface area contributed by atoms with Crippen LogP contribution in [0.1, 0.15) is 30.2 Å². The molecule has 2 rings (SSSR count). The molecule has 0 fully saturated rings. The molecule has 2 aromatic rings. The van der Waals surface area contributed by atoms with Crippen molar-refractivity contribution in [1.29, 1.82) is 0 Å². The van der Waals surface area contributed by atoms with Crippen molar-refractivity contribution in [2.75, 3.05) is 6.54 Å². The third kappa shape index (κ3) is 5.25. The predicted octanol–water partition coefficient (Wildman–Crippen LogP) is 2.44. The minimum atomic E-state index is -0.236. The number of benzene rings is 1. The lowest BCUT2D eigenvalue weighted by Crippen LogP contribution is -2.29. The number of aromatic amines is 1. The van der Waals surface area contributed by atoms with Crippen LogP contribution in [0.25, 0.3) is 0 Å². The second-order valence-corrected chi connectivity index (χ2v) is 6.20. The zero-order chi connectivity index (χ0) is 16.7. The summed E-state index contributed by atoms with van der Waals surface area (Å²) in [6, 6.07) is 10.00. The van der Waals surface area contributed by atoms with Crippen molar-refractivity contribution in [3.05, 3.63) is 57.5 Å². The molecular formula is C17H21N3O2S. The Morgan fingerprint density at radius 2 is 2.04 bits per heavy atom. The van der Waals surface area contributed by atoms with Crippen LogP contribution in [0.15, 0.2) is 40.3 Å². The summed E-state index contributed by atoms with van der Waals surface area (Å²) in [6.07, 6.45) is 0.937. The van der Waals surface area contributed by atoms with E-state index in [2.05, 4.69) is 15.3 Å². The van der Waals surface area contributed by atoms with E-state index >= 15 is 0 Å². The minimum absolute atomic E-state index is 0.0673. The van der Waals surface area contributed by atoms with E-state index < -0.39 is 0 Å². The number of H-pyrrole nitrogens is 1. The molecule has 6 heteroatoms. The summed E-state index contributed by atoms with van der Waals surface area (Å²) in [6.45, 7) is 4.37. The first-order valence-corrected chi connectivity index (χ1v) is 8.62. The van der Waals surface area contributed by atoms with Crippen molar-refractivity contribution in [3.63, 3.8) is 0 Å². The van der Waals surface area contributed by atoms with Crippen LogP contribution in [0.3, 0.4) is 0 Å². The summed E-state index contributed by atoms with van der Waals surface area (Å²) in [4.78, 5) is 31.1. The highest BCUT2D eigenvalue weighted by molar-refractivity contribution is 7.98. The minimum Gasteiger partial charge on any atom is -0.356 e. The number of carbonyl (C=O) groups excluding carboxylic acids is 1. The monoisotopic (exact) mass is 331 g/mol. The number of amides is 1. The second-order valence-electron chi connectivity index (χ2n) is 5.24. The average Bonchev–Trinajstić information content (AvgIpc) is 2.55. The fourth-order valence-corrected chi connectivity index (χ4v) is 2.94. The molecule has 0 unspecified atom stereocenters. The maximum atomic E-state index is 12.2. The Morgan fingerprint density at radius 3 is 2.70 bits per heavy atom. The number of aromatic nitrogens is 2. The smallest absolute Gasteiger partial charge is 0.255 e. The van der Waals surface area contributed by atoms with Crippen LogP contribution in [0.2, 0.25) is 0 Å². The molecular weight excluding hydrogens is 310 g/mol. The molecule has 0 spiro atoms. The molecule has 2 N–H and O–H groups in total. The Hall–Kier alpha value is -2.08. The fourth-order valence-electron chi connectivity index (χ4n) is 2.07. The van der Waals surface area contributed by atoms with Crippen LogP contribution < -0.4 is 10.9 Å². The summed E-state index contributed by atoms with van der Waals surface area (Å²) < 4.78 is 0. The summed E-state index contributed by atoms with van der Waals surface area (Å²) in [5.41, 5.74) is 1.97. The number of rotatable bonds is 7. The lowest BCUT2D eigenvalue weighted by Gasteiger charge is -2.07. The molecule has 0 aliphatic heterocycles. The third-order valence-electron chi connectivity index (χ3n) is 3.33. The van der Waals surface area contributed by atoms with Gasteiger partial charge in [0.15, 0.2) is 5.16 Å². The quantitative estimate of drug-likeness (QED) is 0.604. The molecule has 0 bridgehead atoms. The number of hydrogen-bond acceptors (Lipinski definition) is 4. The first-order chi connectivity index (χ1) is 11.1. The number of hydrogen-bond donors (Lipinski definition) is 2. The van der Waals surface area contributed by atoms with Gasteiger partial charge in [-0.25, -0.2) is 4.98 Å². The predicted molar refractivity (Wildman–Crippen MR) is 92.6 cm³/mol. The van der Waals surface area contributed by atoms with E-state index in [0.29, 0.717) is 23.0 Å². The Labute approximate surface area is 139 Å². The molecule has 23 heavy (non-hydrogen) atoms.